The first-order chi connectivity index (χ1) is 17.8. The minimum atomic E-state index is -4.64. The number of rotatable bonds is 10. The number of ether oxygens (including phenoxy) is 1. The van der Waals surface area contributed by atoms with Gasteiger partial charge in [0.15, 0.2) is 0 Å². The van der Waals surface area contributed by atoms with Gasteiger partial charge in [0.2, 0.25) is 5.88 Å². The number of alkyl halides is 3. The Hall–Kier alpha value is -3.96. The Bertz CT molecular complexity index is 1350. The molecule has 2 aromatic heterocycles. The van der Waals surface area contributed by atoms with Crippen molar-refractivity contribution in [3.8, 4) is 17.3 Å². The van der Waals surface area contributed by atoms with E-state index in [9.17, 15) is 18.0 Å². The molecule has 200 valence electrons. The SMILES string of the molecule is Cl.NCc1cc(Oc2cccc(C(=O)NCCCCc3cn(-c4ccccc4)nn3)c2)nc(C(F)(F)F)c1. The van der Waals surface area contributed by atoms with E-state index in [1.54, 1.807) is 16.8 Å². The Morgan fingerprint density at radius 1 is 1.03 bits per heavy atom. The lowest BCUT2D eigenvalue weighted by atomic mass is 10.2. The van der Waals surface area contributed by atoms with E-state index in [4.69, 9.17) is 10.5 Å². The van der Waals surface area contributed by atoms with Gasteiger partial charge >= 0.3 is 6.18 Å². The van der Waals surface area contributed by atoms with E-state index in [1.807, 2.05) is 36.5 Å². The highest BCUT2D eigenvalue weighted by molar-refractivity contribution is 5.94. The predicted octanol–water partition coefficient (Wildman–Crippen LogP) is 5.11. The molecule has 2 aromatic carbocycles. The molecule has 0 aliphatic heterocycles. The summed E-state index contributed by atoms with van der Waals surface area (Å²) in [6.45, 7) is 0.349. The second kappa shape index (κ2) is 13.0. The van der Waals surface area contributed by atoms with Crippen LogP contribution in [0.1, 0.15) is 40.2 Å². The largest absolute Gasteiger partial charge is 0.439 e. The highest BCUT2D eigenvalue weighted by Gasteiger charge is 2.33. The van der Waals surface area contributed by atoms with Crippen molar-refractivity contribution in [3.05, 3.63) is 95.4 Å². The Labute approximate surface area is 223 Å². The van der Waals surface area contributed by atoms with Crippen molar-refractivity contribution in [2.75, 3.05) is 6.54 Å². The maximum absolute atomic E-state index is 13.1. The van der Waals surface area contributed by atoms with E-state index in [-0.39, 0.29) is 42.1 Å². The van der Waals surface area contributed by atoms with E-state index < -0.39 is 11.9 Å². The van der Waals surface area contributed by atoms with Crippen molar-refractivity contribution >= 4 is 18.3 Å². The van der Waals surface area contributed by atoms with E-state index in [0.29, 0.717) is 12.1 Å². The zero-order valence-corrected chi connectivity index (χ0v) is 21.0. The van der Waals surface area contributed by atoms with Gasteiger partial charge in [-0.15, -0.1) is 17.5 Å². The standard InChI is InChI=1S/C26H25F3N6O2.ClH/c27-26(28,29)23-13-18(16-30)14-24(32-23)37-22-11-6-7-19(15-22)25(36)31-12-5-4-8-20-17-35(34-33-20)21-9-2-1-3-10-21;/h1-3,6-7,9-11,13-15,17H,4-5,8,12,16,30H2,(H,31,36);1H. The molecule has 0 aliphatic rings. The van der Waals surface area contributed by atoms with Crippen LogP contribution in [0, 0.1) is 0 Å². The van der Waals surface area contributed by atoms with Gasteiger partial charge in [0.25, 0.3) is 5.91 Å². The fourth-order valence-electron chi connectivity index (χ4n) is 3.55. The molecular formula is C26H26ClF3N6O2. The van der Waals surface area contributed by atoms with Crippen LogP contribution in [-0.2, 0) is 19.1 Å². The molecular weight excluding hydrogens is 521 g/mol. The molecule has 4 aromatic rings. The number of pyridine rings is 1. The first-order valence-corrected chi connectivity index (χ1v) is 11.6. The van der Waals surface area contributed by atoms with Gasteiger partial charge < -0.3 is 15.8 Å². The Morgan fingerprint density at radius 2 is 1.82 bits per heavy atom. The van der Waals surface area contributed by atoms with Gasteiger partial charge in [-0.2, -0.15) is 13.2 Å². The number of aryl methyl sites for hydroxylation is 1. The van der Waals surface area contributed by atoms with Gasteiger partial charge in [-0.05, 0) is 61.2 Å². The smallest absolute Gasteiger partial charge is 0.433 e. The summed E-state index contributed by atoms with van der Waals surface area (Å²) in [7, 11) is 0. The number of hydrogen-bond donors (Lipinski definition) is 2. The van der Waals surface area contributed by atoms with Gasteiger partial charge in [-0.3, -0.25) is 4.79 Å². The maximum atomic E-state index is 13.1. The Morgan fingerprint density at radius 3 is 2.55 bits per heavy atom. The van der Waals surface area contributed by atoms with Crippen LogP contribution < -0.4 is 15.8 Å². The zero-order valence-electron chi connectivity index (χ0n) is 20.2. The number of nitrogens with one attached hydrogen (secondary N) is 1. The number of amides is 1. The average Bonchev–Trinajstić information content (AvgIpc) is 3.37. The van der Waals surface area contributed by atoms with Gasteiger partial charge in [0.1, 0.15) is 11.4 Å². The first-order valence-electron chi connectivity index (χ1n) is 11.6. The minimum absolute atomic E-state index is 0. The van der Waals surface area contributed by atoms with Crippen molar-refractivity contribution in [2.45, 2.75) is 32.0 Å². The second-order valence-corrected chi connectivity index (χ2v) is 8.23. The topological polar surface area (TPSA) is 108 Å². The number of aromatic nitrogens is 4. The van der Waals surface area contributed by atoms with Crippen LogP contribution >= 0.6 is 12.4 Å². The highest BCUT2D eigenvalue weighted by Crippen LogP contribution is 2.31. The molecule has 8 nitrogen and oxygen atoms in total. The molecule has 12 heteroatoms. The molecule has 0 bridgehead atoms. The fraction of sp³-hybridized carbons (Fsp3) is 0.231. The summed E-state index contributed by atoms with van der Waals surface area (Å²) in [6.07, 6.45) is -0.489. The molecule has 4 rings (SSSR count). The van der Waals surface area contributed by atoms with Gasteiger partial charge in [0, 0.05) is 24.7 Å². The Kier molecular flexibility index (Phi) is 9.80. The molecule has 1 amide bonds. The first kappa shape index (κ1) is 28.6. The molecule has 0 saturated heterocycles. The van der Waals surface area contributed by atoms with Crippen LogP contribution in [0.15, 0.2) is 72.9 Å². The molecule has 0 unspecified atom stereocenters. The minimum Gasteiger partial charge on any atom is -0.439 e. The number of carbonyl (C=O) groups excluding carboxylic acids is 1. The quantitative estimate of drug-likeness (QED) is 0.268. The van der Waals surface area contributed by atoms with Gasteiger partial charge in [-0.1, -0.05) is 29.5 Å². The van der Waals surface area contributed by atoms with E-state index in [0.717, 1.165) is 36.7 Å². The van der Waals surface area contributed by atoms with Crippen LogP contribution in [0.25, 0.3) is 5.69 Å². The van der Waals surface area contributed by atoms with Crippen LogP contribution in [0.5, 0.6) is 11.6 Å². The summed E-state index contributed by atoms with van der Waals surface area (Å²) in [6, 6.07) is 18.1. The number of nitrogens with two attached hydrogens (primary N) is 1. The predicted molar refractivity (Wildman–Crippen MR) is 138 cm³/mol. The van der Waals surface area contributed by atoms with Crippen molar-refractivity contribution in [1.29, 1.82) is 0 Å². The summed E-state index contributed by atoms with van der Waals surface area (Å²) in [5.41, 5.74) is 6.75. The fourth-order valence-corrected chi connectivity index (χ4v) is 3.55. The molecule has 0 radical (unpaired) electrons. The number of nitrogens with zero attached hydrogens (tertiary/aromatic N) is 4. The number of para-hydroxylation sites is 1. The van der Waals surface area contributed by atoms with Crippen LogP contribution in [0.4, 0.5) is 13.2 Å². The van der Waals surface area contributed by atoms with Crippen molar-refractivity contribution in [1.82, 2.24) is 25.3 Å². The molecule has 0 fully saturated rings. The normalized spacial score (nSPS) is 11.1. The lowest BCUT2D eigenvalue weighted by Gasteiger charge is -2.12. The summed E-state index contributed by atoms with van der Waals surface area (Å²) in [5.74, 6) is -0.388. The summed E-state index contributed by atoms with van der Waals surface area (Å²) >= 11 is 0. The average molecular weight is 547 g/mol. The monoisotopic (exact) mass is 546 g/mol. The number of hydrogen-bond acceptors (Lipinski definition) is 6. The third kappa shape index (κ3) is 7.77. The van der Waals surface area contributed by atoms with E-state index in [2.05, 4.69) is 20.6 Å². The number of halogens is 4. The van der Waals surface area contributed by atoms with E-state index >= 15 is 0 Å². The van der Waals surface area contributed by atoms with Crippen LogP contribution in [-0.4, -0.2) is 32.4 Å². The molecule has 2 heterocycles. The van der Waals surface area contributed by atoms with E-state index in [1.165, 1.54) is 18.2 Å². The zero-order chi connectivity index (χ0) is 26.3. The summed E-state index contributed by atoms with van der Waals surface area (Å²) in [5, 5.41) is 11.2. The third-order valence-corrected chi connectivity index (χ3v) is 5.41. The lowest BCUT2D eigenvalue weighted by molar-refractivity contribution is -0.141. The third-order valence-electron chi connectivity index (χ3n) is 5.41. The Balaban J connectivity index is 0.00000400. The highest BCUT2D eigenvalue weighted by atomic mass is 35.5. The number of unbranched alkanes of at least 4 members (excludes halogenated alkanes) is 1. The van der Waals surface area contributed by atoms with Crippen molar-refractivity contribution in [2.24, 2.45) is 5.73 Å². The maximum Gasteiger partial charge on any atom is 0.433 e. The summed E-state index contributed by atoms with van der Waals surface area (Å²) in [4.78, 5) is 16.1. The van der Waals surface area contributed by atoms with Gasteiger partial charge in [-0.25, -0.2) is 9.67 Å². The summed E-state index contributed by atoms with van der Waals surface area (Å²) < 4.78 is 46.6. The second-order valence-electron chi connectivity index (χ2n) is 8.23. The van der Waals surface area contributed by atoms with Crippen molar-refractivity contribution in [3.63, 3.8) is 0 Å². The number of carbonyl (C=O) groups is 1. The lowest BCUT2D eigenvalue weighted by Crippen LogP contribution is -2.24. The molecule has 38 heavy (non-hydrogen) atoms. The van der Waals surface area contributed by atoms with Crippen LogP contribution in [0.2, 0.25) is 0 Å². The number of benzene rings is 2. The van der Waals surface area contributed by atoms with Gasteiger partial charge in [0.05, 0.1) is 17.6 Å². The molecule has 3 N–H and O–H groups in total. The van der Waals surface area contributed by atoms with Crippen LogP contribution in [0.3, 0.4) is 0 Å². The molecule has 0 spiro atoms. The van der Waals surface area contributed by atoms with Crippen molar-refractivity contribution < 1.29 is 22.7 Å². The molecule has 0 atom stereocenters. The molecule has 0 saturated carbocycles. The molecule has 0 aliphatic carbocycles.